The molecule has 0 saturated carbocycles. The molecule has 1 aromatic carbocycles. The Balaban J connectivity index is 1.83. The largest absolute Gasteiger partial charge is 0.378 e. The fourth-order valence-electron chi connectivity index (χ4n) is 2.91. The molecule has 0 N–H and O–H groups in total. The number of ether oxygens (including phenoxy) is 1. The maximum Gasteiger partial charge on any atom is 0.140 e. The molecule has 0 amide bonds. The molecule has 1 aliphatic heterocycles. The van der Waals surface area contributed by atoms with E-state index in [9.17, 15) is 4.39 Å². The number of benzene rings is 1. The Kier molecular flexibility index (Phi) is 4.23. The Morgan fingerprint density at radius 3 is 3.00 bits per heavy atom. The summed E-state index contributed by atoms with van der Waals surface area (Å²) < 4.78 is 21.2. The highest BCUT2D eigenvalue weighted by Crippen LogP contribution is 2.26. The van der Waals surface area contributed by atoms with Gasteiger partial charge in [-0.2, -0.15) is 5.26 Å². The second kappa shape index (κ2) is 6.30. The predicted molar refractivity (Wildman–Crippen MR) is 80.5 cm³/mol. The monoisotopic (exact) mass is 299 g/mol. The van der Waals surface area contributed by atoms with Gasteiger partial charge in [0.25, 0.3) is 0 Å². The Morgan fingerprint density at radius 1 is 1.41 bits per heavy atom. The molecule has 4 nitrogen and oxygen atoms in total. The van der Waals surface area contributed by atoms with Gasteiger partial charge in [0.05, 0.1) is 24.8 Å². The molecular formula is C17H18FN3O. The highest BCUT2D eigenvalue weighted by Gasteiger charge is 2.26. The van der Waals surface area contributed by atoms with Crippen LogP contribution >= 0.6 is 0 Å². The van der Waals surface area contributed by atoms with Crippen molar-refractivity contribution in [3.05, 3.63) is 59.2 Å². The molecule has 1 saturated heterocycles. The lowest BCUT2D eigenvalue weighted by atomic mass is 10.1. The number of nitrogens with zero attached hydrogens (tertiary/aromatic N) is 3. The molecule has 2 aromatic rings. The number of halogens is 1. The van der Waals surface area contributed by atoms with Gasteiger partial charge in [0, 0.05) is 32.0 Å². The lowest BCUT2D eigenvalue weighted by Gasteiger charge is -2.36. The van der Waals surface area contributed by atoms with Crippen molar-refractivity contribution in [2.24, 2.45) is 7.05 Å². The molecule has 114 valence electrons. The van der Waals surface area contributed by atoms with Crippen LogP contribution in [0.25, 0.3) is 0 Å². The molecule has 3 rings (SSSR count). The summed E-state index contributed by atoms with van der Waals surface area (Å²) >= 11 is 0. The van der Waals surface area contributed by atoms with Crippen molar-refractivity contribution >= 4 is 0 Å². The number of nitriles is 1. The van der Waals surface area contributed by atoms with Crippen LogP contribution in [0.15, 0.2) is 36.5 Å². The SMILES string of the molecule is Cn1cccc1C1COCCN1Cc1ccc(F)c(C#N)c1. The summed E-state index contributed by atoms with van der Waals surface area (Å²) in [4.78, 5) is 2.31. The molecule has 1 unspecified atom stereocenters. The van der Waals surface area contributed by atoms with Crippen LogP contribution in [-0.2, 0) is 18.3 Å². The van der Waals surface area contributed by atoms with Crippen molar-refractivity contribution < 1.29 is 9.13 Å². The van der Waals surface area contributed by atoms with Gasteiger partial charge in [-0.1, -0.05) is 6.07 Å². The fourth-order valence-corrected chi connectivity index (χ4v) is 2.91. The van der Waals surface area contributed by atoms with Crippen LogP contribution in [0.4, 0.5) is 4.39 Å². The van der Waals surface area contributed by atoms with E-state index in [1.807, 2.05) is 25.4 Å². The number of rotatable bonds is 3. The van der Waals surface area contributed by atoms with Crippen molar-refractivity contribution in [3.63, 3.8) is 0 Å². The van der Waals surface area contributed by atoms with Gasteiger partial charge < -0.3 is 9.30 Å². The molecule has 1 aliphatic rings. The maximum absolute atomic E-state index is 13.4. The molecule has 0 bridgehead atoms. The van der Waals surface area contributed by atoms with E-state index in [4.69, 9.17) is 10.00 Å². The second-order valence-corrected chi connectivity index (χ2v) is 5.53. The van der Waals surface area contributed by atoms with Gasteiger partial charge in [0.2, 0.25) is 0 Å². The maximum atomic E-state index is 13.4. The normalized spacial score (nSPS) is 19.0. The van der Waals surface area contributed by atoms with Crippen LogP contribution in [0.2, 0.25) is 0 Å². The van der Waals surface area contributed by atoms with E-state index in [-0.39, 0.29) is 11.6 Å². The van der Waals surface area contributed by atoms with Gasteiger partial charge in [0.15, 0.2) is 0 Å². The van der Waals surface area contributed by atoms with E-state index < -0.39 is 5.82 Å². The molecule has 1 atom stereocenters. The third-order valence-electron chi connectivity index (χ3n) is 4.10. The number of morpholine rings is 1. The van der Waals surface area contributed by atoms with Gasteiger partial charge >= 0.3 is 0 Å². The Labute approximate surface area is 129 Å². The third kappa shape index (κ3) is 2.89. The third-order valence-corrected chi connectivity index (χ3v) is 4.10. The number of hydrogen-bond acceptors (Lipinski definition) is 3. The van der Waals surface area contributed by atoms with Gasteiger partial charge in [-0.25, -0.2) is 4.39 Å². The Hall–Kier alpha value is -2.16. The Bertz CT molecular complexity index is 704. The van der Waals surface area contributed by atoms with Crippen molar-refractivity contribution in [1.29, 1.82) is 5.26 Å². The highest BCUT2D eigenvalue weighted by molar-refractivity contribution is 5.34. The van der Waals surface area contributed by atoms with Gasteiger partial charge in [-0.05, 0) is 29.8 Å². The van der Waals surface area contributed by atoms with Crippen molar-refractivity contribution in [1.82, 2.24) is 9.47 Å². The first kappa shape index (κ1) is 14.8. The van der Waals surface area contributed by atoms with Crippen LogP contribution in [0.5, 0.6) is 0 Å². The summed E-state index contributed by atoms with van der Waals surface area (Å²) in [6.45, 7) is 2.82. The van der Waals surface area contributed by atoms with E-state index in [1.165, 1.54) is 11.8 Å². The predicted octanol–water partition coefficient (Wildman–Crippen LogP) is 2.61. The average Bonchev–Trinajstić information content (AvgIpc) is 2.96. The van der Waals surface area contributed by atoms with Gasteiger partial charge in [-0.15, -0.1) is 0 Å². The minimum Gasteiger partial charge on any atom is -0.378 e. The first-order chi connectivity index (χ1) is 10.7. The molecular weight excluding hydrogens is 281 g/mol. The van der Waals surface area contributed by atoms with E-state index in [0.29, 0.717) is 19.8 Å². The molecule has 1 fully saturated rings. The minimum atomic E-state index is -0.466. The van der Waals surface area contributed by atoms with Crippen LogP contribution in [-0.4, -0.2) is 29.2 Å². The van der Waals surface area contributed by atoms with Gasteiger partial charge in [0.1, 0.15) is 11.9 Å². The summed E-state index contributed by atoms with van der Waals surface area (Å²) in [5, 5.41) is 8.96. The fraction of sp³-hybridized carbons (Fsp3) is 0.353. The molecule has 1 aromatic heterocycles. The van der Waals surface area contributed by atoms with Crippen LogP contribution < -0.4 is 0 Å². The standard InChI is InChI=1S/C17H18FN3O/c1-20-6-2-3-16(20)17-12-22-8-7-21(17)11-13-4-5-15(18)14(9-13)10-19/h2-6,9,17H,7-8,11-12H2,1H3. The first-order valence-corrected chi connectivity index (χ1v) is 7.30. The number of aryl methyl sites for hydroxylation is 1. The van der Waals surface area contributed by atoms with Crippen molar-refractivity contribution in [3.8, 4) is 6.07 Å². The second-order valence-electron chi connectivity index (χ2n) is 5.53. The van der Waals surface area contributed by atoms with Crippen molar-refractivity contribution in [2.45, 2.75) is 12.6 Å². The quantitative estimate of drug-likeness (QED) is 0.875. The topological polar surface area (TPSA) is 41.2 Å². The number of hydrogen-bond donors (Lipinski definition) is 0. The highest BCUT2D eigenvalue weighted by atomic mass is 19.1. The summed E-state index contributed by atoms with van der Waals surface area (Å²) in [7, 11) is 2.02. The lowest BCUT2D eigenvalue weighted by molar-refractivity contribution is -0.0152. The zero-order valence-electron chi connectivity index (χ0n) is 12.5. The molecule has 2 heterocycles. The zero-order chi connectivity index (χ0) is 15.5. The summed E-state index contributed by atoms with van der Waals surface area (Å²) in [6, 6.07) is 10.9. The van der Waals surface area contributed by atoms with Crippen LogP contribution in [0.1, 0.15) is 22.9 Å². The summed E-state index contributed by atoms with van der Waals surface area (Å²) in [5.74, 6) is -0.466. The smallest absolute Gasteiger partial charge is 0.140 e. The van der Waals surface area contributed by atoms with E-state index >= 15 is 0 Å². The molecule has 5 heteroatoms. The Morgan fingerprint density at radius 2 is 2.27 bits per heavy atom. The van der Waals surface area contributed by atoms with Crippen molar-refractivity contribution in [2.75, 3.05) is 19.8 Å². The molecule has 0 spiro atoms. The number of aromatic nitrogens is 1. The molecule has 22 heavy (non-hydrogen) atoms. The van der Waals surface area contributed by atoms with E-state index in [1.54, 1.807) is 12.1 Å². The van der Waals surface area contributed by atoms with Crippen LogP contribution in [0.3, 0.4) is 0 Å². The molecule has 0 radical (unpaired) electrons. The first-order valence-electron chi connectivity index (χ1n) is 7.30. The average molecular weight is 299 g/mol. The summed E-state index contributed by atoms with van der Waals surface area (Å²) in [5.41, 5.74) is 2.24. The zero-order valence-corrected chi connectivity index (χ0v) is 12.5. The summed E-state index contributed by atoms with van der Waals surface area (Å²) in [6.07, 6.45) is 2.02. The van der Waals surface area contributed by atoms with Gasteiger partial charge in [-0.3, -0.25) is 4.90 Å². The van der Waals surface area contributed by atoms with Crippen LogP contribution in [0, 0.1) is 17.1 Å². The van der Waals surface area contributed by atoms with E-state index in [2.05, 4.69) is 15.5 Å². The lowest BCUT2D eigenvalue weighted by Crippen LogP contribution is -2.39. The van der Waals surface area contributed by atoms with E-state index in [0.717, 1.165) is 12.1 Å². The molecule has 0 aliphatic carbocycles. The minimum absolute atomic E-state index is 0.0983.